The smallest absolute Gasteiger partial charge is 0.179 e. The molecule has 1 atom stereocenters. The Bertz CT molecular complexity index is 437. The molecule has 20 heavy (non-hydrogen) atoms. The van der Waals surface area contributed by atoms with Crippen LogP contribution in [0, 0.1) is 5.92 Å². The molecule has 1 heterocycles. The molecule has 4 nitrogen and oxygen atoms in total. The first-order chi connectivity index (χ1) is 9.19. The summed E-state index contributed by atoms with van der Waals surface area (Å²) in [5, 5.41) is 0.542. The molecule has 0 amide bonds. The molecule has 0 saturated carbocycles. The molecule has 2 rings (SSSR count). The number of nitrogens with two attached hydrogens (primary N) is 1. The zero-order chi connectivity index (χ0) is 13.8. The second-order valence-electron chi connectivity index (χ2n) is 4.68. The molecular weight excluding hydrogens is 301 g/mol. The van der Waals surface area contributed by atoms with Gasteiger partial charge in [0.25, 0.3) is 0 Å². The van der Waals surface area contributed by atoms with E-state index in [0.29, 0.717) is 22.4 Å². The van der Waals surface area contributed by atoms with Crippen LogP contribution >= 0.6 is 24.0 Å². The first kappa shape index (κ1) is 17.4. The Balaban J connectivity index is 0.00000200. The Morgan fingerprint density at radius 3 is 2.45 bits per heavy atom. The minimum Gasteiger partial charge on any atom is -0.493 e. The lowest BCUT2D eigenvalue weighted by Gasteiger charge is -2.28. The Labute approximate surface area is 130 Å². The van der Waals surface area contributed by atoms with Gasteiger partial charge in [0.05, 0.1) is 19.2 Å². The number of benzene rings is 1. The summed E-state index contributed by atoms with van der Waals surface area (Å²) < 4.78 is 15.9. The fraction of sp³-hybridized carbons (Fsp3) is 0.571. The number of halogens is 2. The van der Waals surface area contributed by atoms with Gasteiger partial charge in [-0.15, -0.1) is 12.4 Å². The lowest BCUT2D eigenvalue weighted by molar-refractivity contribution is 0.0583. The third kappa shape index (κ3) is 3.50. The van der Waals surface area contributed by atoms with Gasteiger partial charge in [-0.05, 0) is 30.4 Å². The Morgan fingerprint density at radius 2 is 1.90 bits per heavy atom. The maximum absolute atomic E-state index is 6.39. The second kappa shape index (κ2) is 7.93. The van der Waals surface area contributed by atoms with Crippen molar-refractivity contribution in [1.29, 1.82) is 0 Å². The van der Waals surface area contributed by atoms with E-state index in [-0.39, 0.29) is 18.4 Å². The van der Waals surface area contributed by atoms with Crippen LogP contribution < -0.4 is 15.2 Å². The molecule has 1 saturated heterocycles. The van der Waals surface area contributed by atoms with Crippen molar-refractivity contribution in [3.63, 3.8) is 0 Å². The number of hydrogen-bond acceptors (Lipinski definition) is 4. The van der Waals surface area contributed by atoms with Gasteiger partial charge in [0.1, 0.15) is 0 Å². The van der Waals surface area contributed by atoms with Gasteiger partial charge >= 0.3 is 0 Å². The maximum atomic E-state index is 6.39. The largest absolute Gasteiger partial charge is 0.493 e. The summed E-state index contributed by atoms with van der Waals surface area (Å²) in [6.07, 6.45) is 1.93. The summed E-state index contributed by atoms with van der Waals surface area (Å²) in [6, 6.07) is 3.67. The molecule has 0 aliphatic carbocycles. The highest BCUT2D eigenvalue weighted by Gasteiger charge is 2.26. The van der Waals surface area contributed by atoms with Gasteiger partial charge < -0.3 is 19.9 Å². The molecule has 114 valence electrons. The monoisotopic (exact) mass is 321 g/mol. The average Bonchev–Trinajstić information content (AvgIpc) is 2.47. The van der Waals surface area contributed by atoms with Gasteiger partial charge in [-0.25, -0.2) is 0 Å². The van der Waals surface area contributed by atoms with E-state index in [1.54, 1.807) is 14.2 Å². The maximum Gasteiger partial charge on any atom is 0.179 e. The van der Waals surface area contributed by atoms with E-state index in [1.807, 2.05) is 12.1 Å². The number of hydrogen-bond donors (Lipinski definition) is 1. The SMILES string of the molecule is COc1ccc([C@@H](N)C2CCOCC2)c(Cl)c1OC.Cl. The molecule has 1 aliphatic heterocycles. The lowest BCUT2D eigenvalue weighted by Crippen LogP contribution is -2.27. The molecule has 0 radical (unpaired) electrons. The molecule has 6 heteroatoms. The van der Waals surface area contributed by atoms with Gasteiger partial charge in [-0.3, -0.25) is 0 Å². The lowest BCUT2D eigenvalue weighted by atomic mass is 9.87. The molecule has 0 bridgehead atoms. The Morgan fingerprint density at radius 1 is 1.25 bits per heavy atom. The van der Waals surface area contributed by atoms with E-state index in [0.717, 1.165) is 31.6 Å². The normalized spacial score (nSPS) is 17.2. The fourth-order valence-electron chi connectivity index (χ4n) is 2.49. The number of ether oxygens (including phenoxy) is 3. The van der Waals surface area contributed by atoms with E-state index in [1.165, 1.54) is 0 Å². The highest BCUT2D eigenvalue weighted by Crippen LogP contribution is 2.41. The zero-order valence-electron chi connectivity index (χ0n) is 11.7. The quantitative estimate of drug-likeness (QED) is 0.925. The summed E-state index contributed by atoms with van der Waals surface area (Å²) in [5.41, 5.74) is 7.26. The highest BCUT2D eigenvalue weighted by atomic mass is 35.5. The molecule has 0 aromatic heterocycles. The van der Waals surface area contributed by atoms with Crippen LogP contribution in [0.15, 0.2) is 12.1 Å². The van der Waals surface area contributed by atoms with E-state index in [4.69, 9.17) is 31.5 Å². The summed E-state index contributed by atoms with van der Waals surface area (Å²) in [6.45, 7) is 1.53. The van der Waals surface area contributed by atoms with Crippen LogP contribution in [0.1, 0.15) is 24.4 Å². The third-order valence-corrected chi connectivity index (χ3v) is 4.04. The number of methoxy groups -OCH3 is 2. The van der Waals surface area contributed by atoms with Crippen molar-refractivity contribution in [2.45, 2.75) is 18.9 Å². The topological polar surface area (TPSA) is 53.7 Å². The molecule has 2 N–H and O–H groups in total. The summed E-state index contributed by atoms with van der Waals surface area (Å²) >= 11 is 6.39. The van der Waals surface area contributed by atoms with Gasteiger partial charge in [-0.2, -0.15) is 0 Å². The van der Waals surface area contributed by atoms with Crippen LogP contribution in [-0.4, -0.2) is 27.4 Å². The van der Waals surface area contributed by atoms with E-state index in [9.17, 15) is 0 Å². The fourth-order valence-corrected chi connectivity index (χ4v) is 2.85. The van der Waals surface area contributed by atoms with Gasteiger partial charge in [0.15, 0.2) is 11.5 Å². The van der Waals surface area contributed by atoms with Crippen molar-refractivity contribution >= 4 is 24.0 Å². The molecule has 1 fully saturated rings. The van der Waals surface area contributed by atoms with Gasteiger partial charge in [-0.1, -0.05) is 17.7 Å². The molecule has 1 aromatic carbocycles. The predicted octanol–water partition coefficient (Wildman–Crippen LogP) is 3.21. The van der Waals surface area contributed by atoms with Crippen LogP contribution in [0.25, 0.3) is 0 Å². The van der Waals surface area contributed by atoms with Gasteiger partial charge in [0, 0.05) is 19.3 Å². The van der Waals surface area contributed by atoms with E-state index >= 15 is 0 Å². The van der Waals surface area contributed by atoms with Crippen molar-refractivity contribution < 1.29 is 14.2 Å². The predicted molar refractivity (Wildman–Crippen MR) is 82.3 cm³/mol. The third-order valence-electron chi connectivity index (χ3n) is 3.65. The van der Waals surface area contributed by atoms with Crippen molar-refractivity contribution in [3.05, 3.63) is 22.7 Å². The van der Waals surface area contributed by atoms with Gasteiger partial charge in [0.2, 0.25) is 0 Å². The first-order valence-electron chi connectivity index (χ1n) is 6.42. The molecule has 1 aromatic rings. The van der Waals surface area contributed by atoms with Crippen molar-refractivity contribution in [1.82, 2.24) is 0 Å². The van der Waals surface area contributed by atoms with Crippen LogP contribution in [0.4, 0.5) is 0 Å². The Kier molecular flexibility index (Phi) is 6.89. The van der Waals surface area contributed by atoms with Crippen LogP contribution in [-0.2, 0) is 4.74 Å². The molecule has 0 spiro atoms. The van der Waals surface area contributed by atoms with Crippen molar-refractivity contribution in [2.24, 2.45) is 11.7 Å². The van der Waals surface area contributed by atoms with E-state index < -0.39 is 0 Å². The minimum absolute atomic E-state index is 0. The number of rotatable bonds is 4. The van der Waals surface area contributed by atoms with Crippen LogP contribution in [0.3, 0.4) is 0 Å². The highest BCUT2D eigenvalue weighted by molar-refractivity contribution is 6.33. The van der Waals surface area contributed by atoms with Crippen LogP contribution in [0.2, 0.25) is 5.02 Å². The molecule has 1 aliphatic rings. The van der Waals surface area contributed by atoms with E-state index in [2.05, 4.69) is 0 Å². The average molecular weight is 322 g/mol. The summed E-state index contributed by atoms with van der Waals surface area (Å²) in [5.74, 6) is 1.56. The minimum atomic E-state index is -0.101. The molecular formula is C14H21Cl2NO3. The Hall–Kier alpha value is -0.680. The summed E-state index contributed by atoms with van der Waals surface area (Å²) in [4.78, 5) is 0. The van der Waals surface area contributed by atoms with Crippen molar-refractivity contribution in [3.8, 4) is 11.5 Å². The zero-order valence-corrected chi connectivity index (χ0v) is 13.3. The second-order valence-corrected chi connectivity index (χ2v) is 5.06. The van der Waals surface area contributed by atoms with Crippen LogP contribution in [0.5, 0.6) is 11.5 Å². The molecule has 0 unspecified atom stereocenters. The first-order valence-corrected chi connectivity index (χ1v) is 6.80. The van der Waals surface area contributed by atoms with Crippen molar-refractivity contribution in [2.75, 3.05) is 27.4 Å². The summed E-state index contributed by atoms with van der Waals surface area (Å²) in [7, 11) is 3.17. The standard InChI is InChI=1S/C14H20ClNO3.ClH/c1-17-11-4-3-10(12(15)14(11)18-2)13(16)9-5-7-19-8-6-9;/h3-4,9,13H,5-8,16H2,1-2H3;1H/t13-;/m0./s1.